The summed E-state index contributed by atoms with van der Waals surface area (Å²) in [6, 6.07) is 0. The fourth-order valence-electron chi connectivity index (χ4n) is 1.30. The molecule has 0 aliphatic carbocycles. The molecular formula is C13H20N2O2. The van der Waals surface area contributed by atoms with Gasteiger partial charge < -0.3 is 4.74 Å². The van der Waals surface area contributed by atoms with Gasteiger partial charge in [-0.05, 0) is 26.3 Å². The molecule has 0 aliphatic rings. The van der Waals surface area contributed by atoms with Gasteiger partial charge in [-0.25, -0.2) is 9.97 Å². The second-order valence-electron chi connectivity index (χ2n) is 5.37. The molecule has 17 heavy (non-hydrogen) atoms. The molecule has 0 saturated heterocycles. The van der Waals surface area contributed by atoms with Crippen LogP contribution in [0.1, 0.15) is 51.9 Å². The molecule has 0 spiro atoms. The van der Waals surface area contributed by atoms with Crippen molar-refractivity contribution in [2.75, 3.05) is 0 Å². The smallest absolute Gasteiger partial charge is 0.310 e. The fourth-order valence-corrected chi connectivity index (χ4v) is 1.30. The van der Waals surface area contributed by atoms with Crippen molar-refractivity contribution in [3.63, 3.8) is 0 Å². The highest BCUT2D eigenvalue weighted by Gasteiger charge is 2.16. The molecule has 4 nitrogen and oxygen atoms in total. The number of esters is 1. The second kappa shape index (κ2) is 5.25. The van der Waals surface area contributed by atoms with Crippen LogP contribution in [0.25, 0.3) is 0 Å². The van der Waals surface area contributed by atoms with Crippen molar-refractivity contribution < 1.29 is 9.53 Å². The van der Waals surface area contributed by atoms with Gasteiger partial charge in [0.25, 0.3) is 0 Å². The first-order chi connectivity index (χ1) is 7.78. The summed E-state index contributed by atoms with van der Waals surface area (Å²) in [5.74, 6) is 0.835. The number of rotatable bonds is 3. The lowest BCUT2D eigenvalue weighted by atomic mass is 10.1. The van der Waals surface area contributed by atoms with E-state index in [9.17, 15) is 4.79 Å². The molecule has 4 heteroatoms. The van der Waals surface area contributed by atoms with Crippen LogP contribution in [-0.2, 0) is 16.0 Å². The van der Waals surface area contributed by atoms with Crippen molar-refractivity contribution in [1.82, 2.24) is 9.97 Å². The van der Waals surface area contributed by atoms with Crippen LogP contribution in [0.15, 0.2) is 12.4 Å². The van der Waals surface area contributed by atoms with Crippen molar-refractivity contribution in [2.24, 2.45) is 0 Å². The number of carbonyl (C=O) groups excluding carboxylic acids is 1. The minimum atomic E-state index is -0.449. The van der Waals surface area contributed by atoms with Gasteiger partial charge >= 0.3 is 5.97 Å². The van der Waals surface area contributed by atoms with Gasteiger partial charge in [0, 0.05) is 18.3 Å². The first kappa shape index (κ1) is 13.6. The van der Waals surface area contributed by atoms with E-state index < -0.39 is 5.60 Å². The van der Waals surface area contributed by atoms with E-state index in [2.05, 4.69) is 9.97 Å². The van der Waals surface area contributed by atoms with Gasteiger partial charge in [-0.1, -0.05) is 13.8 Å². The van der Waals surface area contributed by atoms with E-state index >= 15 is 0 Å². The van der Waals surface area contributed by atoms with Crippen LogP contribution < -0.4 is 0 Å². The van der Waals surface area contributed by atoms with E-state index in [1.54, 1.807) is 12.4 Å². The van der Waals surface area contributed by atoms with Gasteiger partial charge in [0.1, 0.15) is 11.4 Å². The predicted molar refractivity (Wildman–Crippen MR) is 65.7 cm³/mol. The average molecular weight is 236 g/mol. The third-order valence-electron chi connectivity index (χ3n) is 2.01. The fraction of sp³-hybridized carbons (Fsp3) is 0.615. The molecule has 1 aromatic heterocycles. The normalized spacial score (nSPS) is 11.6. The van der Waals surface area contributed by atoms with Crippen LogP contribution in [0.5, 0.6) is 0 Å². The van der Waals surface area contributed by atoms with Gasteiger partial charge in [-0.3, -0.25) is 4.79 Å². The molecule has 0 aliphatic heterocycles. The lowest BCUT2D eigenvalue weighted by Gasteiger charge is -2.19. The van der Waals surface area contributed by atoms with Gasteiger partial charge in [0.15, 0.2) is 0 Å². The third kappa shape index (κ3) is 4.93. The van der Waals surface area contributed by atoms with Crippen LogP contribution in [0.3, 0.4) is 0 Å². The highest BCUT2D eigenvalue weighted by Crippen LogP contribution is 2.11. The Morgan fingerprint density at radius 1 is 1.29 bits per heavy atom. The summed E-state index contributed by atoms with van der Waals surface area (Å²) in [5.41, 5.74) is 0.333. The molecule has 1 rings (SSSR count). The Balaban J connectivity index is 2.61. The number of ether oxygens (including phenoxy) is 1. The van der Waals surface area contributed by atoms with Crippen molar-refractivity contribution >= 4 is 5.97 Å². The van der Waals surface area contributed by atoms with Crippen LogP contribution in [0.4, 0.5) is 0 Å². The predicted octanol–water partition coefficient (Wildman–Crippen LogP) is 2.48. The maximum atomic E-state index is 11.6. The topological polar surface area (TPSA) is 52.1 Å². The van der Waals surface area contributed by atoms with E-state index in [0.717, 1.165) is 11.4 Å². The molecule has 1 aromatic rings. The lowest BCUT2D eigenvalue weighted by Crippen LogP contribution is -2.25. The van der Waals surface area contributed by atoms with Crippen molar-refractivity contribution in [1.29, 1.82) is 0 Å². The molecule has 0 bridgehead atoms. The van der Waals surface area contributed by atoms with E-state index in [1.165, 1.54) is 0 Å². The van der Waals surface area contributed by atoms with E-state index in [4.69, 9.17) is 4.74 Å². The molecule has 0 N–H and O–H groups in total. The zero-order valence-corrected chi connectivity index (χ0v) is 11.2. The van der Waals surface area contributed by atoms with Gasteiger partial charge in [0.2, 0.25) is 0 Å². The molecular weight excluding hydrogens is 216 g/mol. The van der Waals surface area contributed by atoms with Gasteiger partial charge in [-0.2, -0.15) is 0 Å². The molecule has 0 saturated carbocycles. The third-order valence-corrected chi connectivity index (χ3v) is 2.01. The molecule has 0 fully saturated rings. The molecule has 94 valence electrons. The Kier molecular flexibility index (Phi) is 4.21. The maximum absolute atomic E-state index is 11.6. The Morgan fingerprint density at radius 3 is 2.24 bits per heavy atom. The van der Waals surface area contributed by atoms with Crippen molar-refractivity contribution in [2.45, 2.75) is 52.6 Å². The Bertz CT molecular complexity index is 377. The molecule has 0 unspecified atom stereocenters. The zero-order valence-electron chi connectivity index (χ0n) is 11.2. The monoisotopic (exact) mass is 236 g/mol. The van der Waals surface area contributed by atoms with Crippen LogP contribution in [0.2, 0.25) is 0 Å². The van der Waals surface area contributed by atoms with E-state index in [1.807, 2.05) is 34.6 Å². The number of nitrogens with zero attached hydrogens (tertiary/aromatic N) is 2. The summed E-state index contributed by atoms with van der Waals surface area (Å²) in [4.78, 5) is 20.0. The standard InChI is InChI=1S/C13H20N2O2/c1-9(2)12-14-7-10(8-15-12)6-11(16)17-13(3,4)5/h7-9H,6H2,1-5H3. The second-order valence-corrected chi connectivity index (χ2v) is 5.37. The molecule has 0 radical (unpaired) electrons. The number of carbonyl (C=O) groups is 1. The molecule has 1 heterocycles. The Morgan fingerprint density at radius 2 is 1.82 bits per heavy atom. The van der Waals surface area contributed by atoms with Crippen LogP contribution >= 0.6 is 0 Å². The Hall–Kier alpha value is -1.45. The first-order valence-corrected chi connectivity index (χ1v) is 5.80. The SMILES string of the molecule is CC(C)c1ncc(CC(=O)OC(C)(C)C)cn1. The van der Waals surface area contributed by atoms with Gasteiger partial charge in [0.05, 0.1) is 6.42 Å². The number of hydrogen-bond acceptors (Lipinski definition) is 4. The minimum Gasteiger partial charge on any atom is -0.460 e. The van der Waals surface area contributed by atoms with Crippen LogP contribution in [-0.4, -0.2) is 21.5 Å². The first-order valence-electron chi connectivity index (χ1n) is 5.80. The van der Waals surface area contributed by atoms with Crippen molar-refractivity contribution in [3.05, 3.63) is 23.8 Å². The quantitative estimate of drug-likeness (QED) is 0.756. The largest absolute Gasteiger partial charge is 0.460 e. The molecule has 0 atom stereocenters. The lowest BCUT2D eigenvalue weighted by molar-refractivity contribution is -0.153. The minimum absolute atomic E-state index is 0.218. The van der Waals surface area contributed by atoms with Crippen molar-refractivity contribution in [3.8, 4) is 0 Å². The summed E-state index contributed by atoms with van der Waals surface area (Å²) in [6.07, 6.45) is 3.59. The highest BCUT2D eigenvalue weighted by molar-refractivity contribution is 5.72. The highest BCUT2D eigenvalue weighted by atomic mass is 16.6. The summed E-state index contributed by atoms with van der Waals surface area (Å²) in [6.45, 7) is 9.61. The zero-order chi connectivity index (χ0) is 13.1. The van der Waals surface area contributed by atoms with Gasteiger partial charge in [-0.15, -0.1) is 0 Å². The summed E-state index contributed by atoms with van der Waals surface area (Å²) < 4.78 is 5.22. The average Bonchev–Trinajstić information content (AvgIpc) is 2.15. The maximum Gasteiger partial charge on any atom is 0.310 e. The summed E-state index contributed by atoms with van der Waals surface area (Å²) in [5, 5.41) is 0. The summed E-state index contributed by atoms with van der Waals surface area (Å²) in [7, 11) is 0. The summed E-state index contributed by atoms with van der Waals surface area (Å²) >= 11 is 0. The number of hydrogen-bond donors (Lipinski definition) is 0. The van der Waals surface area contributed by atoms with E-state index in [0.29, 0.717) is 5.92 Å². The Labute approximate surface area is 102 Å². The van der Waals surface area contributed by atoms with Crippen LogP contribution in [0, 0.1) is 0 Å². The number of aromatic nitrogens is 2. The molecule has 0 amide bonds. The molecule has 0 aromatic carbocycles. The van der Waals surface area contributed by atoms with E-state index in [-0.39, 0.29) is 12.4 Å².